The van der Waals surface area contributed by atoms with Crippen LogP contribution in [0, 0.1) is 10.5 Å². The Kier molecular flexibility index (Phi) is 3.60. The number of hydrogen-bond donors (Lipinski definition) is 1. The van der Waals surface area contributed by atoms with Crippen molar-refractivity contribution in [1.29, 1.82) is 0 Å². The molecule has 0 spiro atoms. The molecule has 0 saturated heterocycles. The third-order valence-corrected chi connectivity index (χ3v) is 3.28. The van der Waals surface area contributed by atoms with Crippen molar-refractivity contribution in [2.75, 3.05) is 12.8 Å². The molecule has 0 aliphatic rings. The first kappa shape index (κ1) is 11.6. The summed E-state index contributed by atoms with van der Waals surface area (Å²) in [4.78, 5) is 11.3. The van der Waals surface area contributed by atoms with Crippen LogP contribution in [0.2, 0.25) is 5.02 Å². The fraction of sp³-hybridized carbons (Fsp3) is 0.222. The van der Waals surface area contributed by atoms with Gasteiger partial charge in [0.15, 0.2) is 0 Å². The Hall–Kier alpha value is -0.490. The number of carbonyl (C=O) groups is 1. The molecule has 0 aliphatic heterocycles. The van der Waals surface area contributed by atoms with Crippen LogP contribution in [-0.4, -0.2) is 13.1 Å². The van der Waals surface area contributed by atoms with Gasteiger partial charge in [0.25, 0.3) is 0 Å². The highest BCUT2D eigenvalue weighted by atomic mass is 127. The molecule has 3 nitrogen and oxygen atoms in total. The van der Waals surface area contributed by atoms with Crippen molar-refractivity contribution in [3.63, 3.8) is 0 Å². The lowest BCUT2D eigenvalue weighted by atomic mass is 10.1. The minimum absolute atomic E-state index is 0.352. The average Bonchev–Trinajstić information content (AvgIpc) is 2.19. The molecule has 1 rings (SSSR count). The maximum Gasteiger partial charge on any atom is 0.339 e. The quantitative estimate of drug-likeness (QED) is 0.490. The molecule has 0 heterocycles. The summed E-state index contributed by atoms with van der Waals surface area (Å²) < 4.78 is 5.40. The van der Waals surface area contributed by atoms with Gasteiger partial charge in [0.2, 0.25) is 0 Å². The second-order valence-electron chi connectivity index (χ2n) is 2.75. The van der Waals surface area contributed by atoms with E-state index in [0.29, 0.717) is 21.8 Å². The van der Waals surface area contributed by atoms with Gasteiger partial charge in [-0.25, -0.2) is 4.79 Å². The van der Waals surface area contributed by atoms with Gasteiger partial charge < -0.3 is 10.5 Å². The maximum absolute atomic E-state index is 11.3. The minimum atomic E-state index is -0.448. The lowest BCUT2D eigenvalue weighted by Crippen LogP contribution is -2.06. The van der Waals surface area contributed by atoms with Crippen LogP contribution in [0.25, 0.3) is 0 Å². The number of esters is 1. The summed E-state index contributed by atoms with van der Waals surface area (Å²) in [6, 6.07) is 1.62. The number of ether oxygens (including phenoxy) is 1. The van der Waals surface area contributed by atoms with Crippen LogP contribution >= 0.6 is 34.2 Å². The van der Waals surface area contributed by atoms with Crippen LogP contribution in [0.5, 0.6) is 0 Å². The molecule has 0 radical (unpaired) electrons. The third-order valence-electron chi connectivity index (χ3n) is 1.90. The van der Waals surface area contributed by atoms with Crippen molar-refractivity contribution in [3.05, 3.63) is 25.8 Å². The second-order valence-corrected chi connectivity index (χ2v) is 4.29. The zero-order valence-electron chi connectivity index (χ0n) is 7.73. The van der Waals surface area contributed by atoms with Crippen LogP contribution in [0.15, 0.2) is 6.07 Å². The Morgan fingerprint density at radius 1 is 1.64 bits per heavy atom. The summed E-state index contributed by atoms with van der Waals surface area (Å²) in [5, 5.41) is 0.356. The van der Waals surface area contributed by atoms with E-state index in [1.807, 2.05) is 0 Å². The molecule has 1 aromatic rings. The van der Waals surface area contributed by atoms with Crippen LogP contribution in [0.4, 0.5) is 5.69 Å². The van der Waals surface area contributed by atoms with Crippen molar-refractivity contribution in [3.8, 4) is 0 Å². The summed E-state index contributed by atoms with van der Waals surface area (Å²) in [6.07, 6.45) is 0. The first-order valence-electron chi connectivity index (χ1n) is 3.81. The van der Waals surface area contributed by atoms with E-state index in [1.54, 1.807) is 13.0 Å². The summed E-state index contributed by atoms with van der Waals surface area (Å²) in [6.45, 7) is 1.77. The highest BCUT2D eigenvalue weighted by Gasteiger charge is 2.16. The molecule has 0 saturated carbocycles. The molecule has 1 aromatic carbocycles. The standard InChI is InChI=1S/C9H9ClINO2/c1-4-7(10)5(9(13)14-2)3-6(11)8(4)12/h3H,12H2,1-2H3. The number of methoxy groups -OCH3 is 1. The summed E-state index contributed by atoms with van der Waals surface area (Å²) in [5.41, 5.74) is 7.41. The Morgan fingerprint density at radius 2 is 2.21 bits per heavy atom. The molecule has 0 fully saturated rings. The number of carbonyl (C=O) groups excluding carboxylic acids is 1. The number of halogens is 2. The number of nitrogens with two attached hydrogens (primary N) is 1. The van der Waals surface area contributed by atoms with Crippen molar-refractivity contribution in [1.82, 2.24) is 0 Å². The van der Waals surface area contributed by atoms with E-state index in [1.165, 1.54) is 7.11 Å². The van der Waals surface area contributed by atoms with E-state index >= 15 is 0 Å². The number of benzene rings is 1. The third kappa shape index (κ3) is 1.95. The van der Waals surface area contributed by atoms with Gasteiger partial charge >= 0.3 is 5.97 Å². The van der Waals surface area contributed by atoms with E-state index in [-0.39, 0.29) is 0 Å². The van der Waals surface area contributed by atoms with Gasteiger partial charge in [-0.05, 0) is 41.1 Å². The average molecular weight is 326 g/mol. The van der Waals surface area contributed by atoms with E-state index in [0.717, 1.165) is 3.57 Å². The molecule has 0 amide bonds. The molecular weight excluding hydrogens is 316 g/mol. The smallest absolute Gasteiger partial charge is 0.339 e. The van der Waals surface area contributed by atoms with Gasteiger partial charge in [0, 0.05) is 9.26 Å². The van der Waals surface area contributed by atoms with E-state index < -0.39 is 5.97 Å². The Morgan fingerprint density at radius 3 is 2.71 bits per heavy atom. The molecule has 5 heteroatoms. The molecule has 0 unspecified atom stereocenters. The zero-order valence-corrected chi connectivity index (χ0v) is 10.6. The van der Waals surface area contributed by atoms with Crippen LogP contribution < -0.4 is 5.73 Å². The van der Waals surface area contributed by atoms with Crippen LogP contribution in [-0.2, 0) is 4.74 Å². The topological polar surface area (TPSA) is 52.3 Å². The first-order chi connectivity index (χ1) is 6.49. The molecule has 2 N–H and O–H groups in total. The van der Waals surface area contributed by atoms with Crippen molar-refractivity contribution < 1.29 is 9.53 Å². The number of anilines is 1. The van der Waals surface area contributed by atoms with Crippen molar-refractivity contribution in [2.45, 2.75) is 6.92 Å². The maximum atomic E-state index is 11.3. The monoisotopic (exact) mass is 325 g/mol. The van der Waals surface area contributed by atoms with E-state index in [4.69, 9.17) is 17.3 Å². The summed E-state index contributed by atoms with van der Waals surface area (Å²) in [7, 11) is 1.32. The van der Waals surface area contributed by atoms with E-state index in [9.17, 15) is 4.79 Å². The fourth-order valence-corrected chi connectivity index (χ4v) is 1.98. The Bertz CT molecular complexity index is 393. The fourth-order valence-electron chi connectivity index (χ4n) is 1.03. The second kappa shape index (κ2) is 4.35. The highest BCUT2D eigenvalue weighted by Crippen LogP contribution is 2.30. The lowest BCUT2D eigenvalue weighted by Gasteiger charge is -2.09. The Labute approximate surface area is 101 Å². The molecule has 0 aromatic heterocycles. The van der Waals surface area contributed by atoms with Gasteiger partial charge in [-0.15, -0.1) is 0 Å². The lowest BCUT2D eigenvalue weighted by molar-refractivity contribution is 0.0601. The molecule has 14 heavy (non-hydrogen) atoms. The largest absolute Gasteiger partial charge is 0.465 e. The van der Waals surface area contributed by atoms with Crippen LogP contribution in [0.3, 0.4) is 0 Å². The Balaban J connectivity index is 3.40. The predicted octanol–water partition coefficient (Wildman–Crippen LogP) is 2.62. The summed E-state index contributed by atoms with van der Waals surface area (Å²) >= 11 is 8.01. The van der Waals surface area contributed by atoms with Crippen molar-refractivity contribution >= 4 is 45.8 Å². The number of nitrogen functional groups attached to an aromatic ring is 1. The molecule has 76 valence electrons. The molecule has 0 bridgehead atoms. The van der Waals surface area contributed by atoms with E-state index in [2.05, 4.69) is 27.3 Å². The van der Waals surface area contributed by atoms with Gasteiger partial charge in [-0.2, -0.15) is 0 Å². The molecule has 0 aliphatic carbocycles. The number of hydrogen-bond acceptors (Lipinski definition) is 3. The first-order valence-corrected chi connectivity index (χ1v) is 5.27. The number of rotatable bonds is 1. The zero-order chi connectivity index (χ0) is 10.9. The predicted molar refractivity (Wildman–Crippen MR) is 64.7 cm³/mol. The molecule has 0 atom stereocenters. The van der Waals surface area contributed by atoms with Gasteiger partial charge in [-0.1, -0.05) is 11.6 Å². The normalized spacial score (nSPS) is 10.0. The highest BCUT2D eigenvalue weighted by molar-refractivity contribution is 14.1. The van der Waals surface area contributed by atoms with Crippen LogP contribution in [0.1, 0.15) is 15.9 Å². The SMILES string of the molecule is COC(=O)c1cc(I)c(N)c(C)c1Cl. The summed E-state index contributed by atoms with van der Waals surface area (Å²) in [5.74, 6) is -0.448. The molecular formula is C9H9ClINO2. The van der Waals surface area contributed by atoms with Crippen molar-refractivity contribution in [2.24, 2.45) is 0 Å². The van der Waals surface area contributed by atoms with Gasteiger partial charge in [0.1, 0.15) is 0 Å². The van der Waals surface area contributed by atoms with Gasteiger partial charge in [-0.3, -0.25) is 0 Å². The minimum Gasteiger partial charge on any atom is -0.465 e. The van der Waals surface area contributed by atoms with Gasteiger partial charge in [0.05, 0.1) is 17.7 Å².